The van der Waals surface area contributed by atoms with Gasteiger partial charge in [0.25, 0.3) is 0 Å². The zero-order valence-corrected chi connectivity index (χ0v) is 14.9. The van der Waals surface area contributed by atoms with Crippen LogP contribution in [0.5, 0.6) is 5.75 Å². The lowest BCUT2D eigenvalue weighted by Gasteiger charge is -2.35. The molecule has 1 aliphatic carbocycles. The van der Waals surface area contributed by atoms with E-state index >= 15 is 0 Å². The summed E-state index contributed by atoms with van der Waals surface area (Å²) in [6.45, 7) is 4.34. The van der Waals surface area contributed by atoms with E-state index in [9.17, 15) is 9.59 Å². The van der Waals surface area contributed by atoms with Crippen LogP contribution in [0, 0.1) is 5.92 Å². The number of carbonyl (C=O) groups excluding carboxylic acids is 2. The molecule has 0 aromatic heterocycles. The maximum absolute atomic E-state index is 12.7. The molecule has 132 valence electrons. The maximum Gasteiger partial charge on any atom is 0.336 e. The minimum Gasteiger partial charge on any atom is -0.494 e. The molecule has 0 bridgehead atoms. The molecule has 5 heteroatoms. The Kier molecular flexibility index (Phi) is 5.02. The number of carbonyl (C=O) groups is 2. The molecule has 2 atom stereocenters. The first kappa shape index (κ1) is 17.4. The van der Waals surface area contributed by atoms with E-state index in [-0.39, 0.29) is 17.6 Å². The third-order valence-electron chi connectivity index (χ3n) is 4.86. The van der Waals surface area contributed by atoms with Crippen molar-refractivity contribution in [2.45, 2.75) is 39.0 Å². The average molecular weight is 341 g/mol. The van der Waals surface area contributed by atoms with Gasteiger partial charge in [0, 0.05) is 23.7 Å². The van der Waals surface area contributed by atoms with Crippen LogP contribution in [-0.4, -0.2) is 31.2 Å². The standard InChI is InChI=1S/C20H23NO4/c1-4-25-14-10-8-13(9-11-14)18-17(20(23)24-3)12(2)21-15-6-5-7-16(22)19(15)18/h8-11,18-19H,4-7H2,1-3H3/t18-,19?/m0/s1. The van der Waals surface area contributed by atoms with Crippen molar-refractivity contribution in [3.63, 3.8) is 0 Å². The van der Waals surface area contributed by atoms with Crippen LogP contribution in [0.2, 0.25) is 0 Å². The minimum absolute atomic E-state index is 0.151. The number of Topliss-reactive ketones (excluding diaryl/α,β-unsaturated/α-hetero) is 1. The summed E-state index contributed by atoms with van der Waals surface area (Å²) in [6, 6.07) is 7.61. The van der Waals surface area contributed by atoms with Crippen molar-refractivity contribution in [3.8, 4) is 5.75 Å². The number of rotatable bonds is 4. The third-order valence-corrected chi connectivity index (χ3v) is 4.86. The van der Waals surface area contributed by atoms with Crippen LogP contribution in [0.1, 0.15) is 44.6 Å². The van der Waals surface area contributed by atoms with E-state index in [0.29, 0.717) is 24.3 Å². The molecule has 0 amide bonds. The Morgan fingerprint density at radius 2 is 1.92 bits per heavy atom. The Balaban J connectivity index is 2.09. The summed E-state index contributed by atoms with van der Waals surface area (Å²) in [5.41, 5.74) is 2.93. The normalized spacial score (nSPS) is 23.0. The van der Waals surface area contributed by atoms with Crippen molar-refractivity contribution in [2.24, 2.45) is 10.9 Å². The van der Waals surface area contributed by atoms with Crippen LogP contribution in [0.25, 0.3) is 0 Å². The number of ketones is 1. The van der Waals surface area contributed by atoms with Crippen molar-refractivity contribution in [1.29, 1.82) is 0 Å². The van der Waals surface area contributed by atoms with E-state index in [0.717, 1.165) is 29.9 Å². The molecule has 0 saturated heterocycles. The molecule has 5 nitrogen and oxygen atoms in total. The van der Waals surface area contributed by atoms with Crippen LogP contribution < -0.4 is 4.74 Å². The monoisotopic (exact) mass is 341 g/mol. The summed E-state index contributed by atoms with van der Waals surface area (Å²) in [4.78, 5) is 29.7. The molecule has 0 spiro atoms. The molecule has 1 aromatic rings. The molecule has 1 aliphatic heterocycles. The molecule has 1 unspecified atom stereocenters. The summed E-state index contributed by atoms with van der Waals surface area (Å²) in [6.07, 6.45) is 2.16. The average Bonchev–Trinajstić information content (AvgIpc) is 2.61. The van der Waals surface area contributed by atoms with Gasteiger partial charge in [0.15, 0.2) is 0 Å². The van der Waals surface area contributed by atoms with Gasteiger partial charge in [0.1, 0.15) is 11.5 Å². The molecular formula is C20H23NO4. The number of aliphatic imine (C=N–C) groups is 1. The van der Waals surface area contributed by atoms with Crippen molar-refractivity contribution in [3.05, 3.63) is 41.1 Å². The number of allylic oxidation sites excluding steroid dienone is 1. The third kappa shape index (κ3) is 3.23. The van der Waals surface area contributed by atoms with Crippen LogP contribution >= 0.6 is 0 Å². The Morgan fingerprint density at radius 3 is 2.56 bits per heavy atom. The van der Waals surface area contributed by atoms with Gasteiger partial charge in [-0.1, -0.05) is 12.1 Å². The molecule has 25 heavy (non-hydrogen) atoms. The highest BCUT2D eigenvalue weighted by Gasteiger charge is 2.43. The predicted molar refractivity (Wildman–Crippen MR) is 94.9 cm³/mol. The van der Waals surface area contributed by atoms with E-state index in [2.05, 4.69) is 4.99 Å². The second kappa shape index (κ2) is 7.21. The lowest BCUT2D eigenvalue weighted by molar-refractivity contribution is -0.136. The number of esters is 1. The number of fused-ring (bicyclic) bond motifs is 1. The quantitative estimate of drug-likeness (QED) is 0.787. The van der Waals surface area contributed by atoms with Gasteiger partial charge in [-0.3, -0.25) is 9.79 Å². The second-order valence-electron chi connectivity index (χ2n) is 6.37. The van der Waals surface area contributed by atoms with Gasteiger partial charge in [0.05, 0.1) is 25.2 Å². The van der Waals surface area contributed by atoms with Crippen LogP contribution in [0.15, 0.2) is 40.5 Å². The fourth-order valence-electron chi connectivity index (χ4n) is 3.79. The second-order valence-corrected chi connectivity index (χ2v) is 6.37. The molecule has 1 heterocycles. The summed E-state index contributed by atoms with van der Waals surface area (Å²) in [5, 5.41) is 0. The van der Waals surface area contributed by atoms with E-state index in [1.54, 1.807) is 0 Å². The highest BCUT2D eigenvalue weighted by molar-refractivity contribution is 6.11. The molecule has 1 fully saturated rings. The van der Waals surface area contributed by atoms with E-state index in [4.69, 9.17) is 9.47 Å². The number of nitrogens with zero attached hydrogens (tertiary/aromatic N) is 1. The van der Waals surface area contributed by atoms with Crippen LogP contribution in [0.3, 0.4) is 0 Å². The first-order valence-corrected chi connectivity index (χ1v) is 8.68. The van der Waals surface area contributed by atoms with Gasteiger partial charge < -0.3 is 9.47 Å². The van der Waals surface area contributed by atoms with Crippen LogP contribution in [0.4, 0.5) is 0 Å². The van der Waals surface area contributed by atoms with Crippen molar-refractivity contribution >= 4 is 17.5 Å². The molecule has 2 aliphatic rings. The highest BCUT2D eigenvalue weighted by Crippen LogP contribution is 2.43. The number of benzene rings is 1. The number of hydrogen-bond acceptors (Lipinski definition) is 5. The molecule has 3 rings (SSSR count). The van der Waals surface area contributed by atoms with Crippen LogP contribution in [-0.2, 0) is 14.3 Å². The first-order chi connectivity index (χ1) is 12.1. The SMILES string of the molecule is CCOc1ccc([C@H]2C(C(=O)OC)=C(C)N=C3CCCC(=O)C32)cc1. The molecule has 1 saturated carbocycles. The Morgan fingerprint density at radius 1 is 1.20 bits per heavy atom. The lowest BCUT2D eigenvalue weighted by Crippen LogP contribution is -2.38. The van der Waals surface area contributed by atoms with Gasteiger partial charge >= 0.3 is 5.97 Å². The fraction of sp³-hybridized carbons (Fsp3) is 0.450. The Labute approximate surface area is 147 Å². The summed E-state index contributed by atoms with van der Waals surface area (Å²) in [5.74, 6) is -0.213. The zero-order chi connectivity index (χ0) is 18.0. The zero-order valence-electron chi connectivity index (χ0n) is 14.9. The Hall–Kier alpha value is -2.43. The van der Waals surface area contributed by atoms with Gasteiger partial charge in [-0.2, -0.15) is 0 Å². The molecular weight excluding hydrogens is 318 g/mol. The topological polar surface area (TPSA) is 65.0 Å². The van der Waals surface area contributed by atoms with Crippen molar-refractivity contribution in [2.75, 3.05) is 13.7 Å². The predicted octanol–water partition coefficient (Wildman–Crippen LogP) is 3.44. The number of hydrogen-bond donors (Lipinski definition) is 0. The summed E-state index contributed by atoms with van der Waals surface area (Å²) >= 11 is 0. The van der Waals surface area contributed by atoms with E-state index in [1.165, 1.54) is 7.11 Å². The lowest BCUT2D eigenvalue weighted by atomic mass is 9.69. The smallest absolute Gasteiger partial charge is 0.336 e. The largest absolute Gasteiger partial charge is 0.494 e. The molecule has 1 aromatic carbocycles. The first-order valence-electron chi connectivity index (χ1n) is 8.68. The Bertz CT molecular complexity index is 745. The van der Waals surface area contributed by atoms with Crippen molar-refractivity contribution in [1.82, 2.24) is 0 Å². The maximum atomic E-state index is 12.7. The molecule has 0 radical (unpaired) electrons. The van der Waals surface area contributed by atoms with Gasteiger partial charge in [-0.15, -0.1) is 0 Å². The number of ether oxygens (including phenoxy) is 2. The van der Waals surface area contributed by atoms with Gasteiger partial charge in [-0.05, 0) is 44.4 Å². The van der Waals surface area contributed by atoms with E-state index in [1.807, 2.05) is 38.1 Å². The summed E-state index contributed by atoms with van der Waals surface area (Å²) < 4.78 is 10.5. The molecule has 0 N–H and O–H groups in total. The fourth-order valence-corrected chi connectivity index (χ4v) is 3.79. The highest BCUT2D eigenvalue weighted by atomic mass is 16.5. The number of methoxy groups -OCH3 is 1. The minimum atomic E-state index is -0.419. The van der Waals surface area contributed by atoms with Gasteiger partial charge in [-0.25, -0.2) is 4.79 Å². The van der Waals surface area contributed by atoms with E-state index < -0.39 is 5.97 Å². The summed E-state index contributed by atoms with van der Waals surface area (Å²) in [7, 11) is 1.36. The van der Waals surface area contributed by atoms with Gasteiger partial charge in [0.2, 0.25) is 0 Å². The van der Waals surface area contributed by atoms with Crippen molar-refractivity contribution < 1.29 is 19.1 Å².